The number of ether oxygens (including phenoxy) is 1. The number of hydrogen-bond donors (Lipinski definition) is 2. The van der Waals surface area contributed by atoms with Crippen molar-refractivity contribution in [2.75, 3.05) is 0 Å². The summed E-state index contributed by atoms with van der Waals surface area (Å²) >= 11 is 0. The van der Waals surface area contributed by atoms with Gasteiger partial charge < -0.3 is 15.2 Å². The molecule has 1 amide bonds. The highest BCUT2D eigenvalue weighted by Crippen LogP contribution is 2.19. The summed E-state index contributed by atoms with van der Waals surface area (Å²) in [4.78, 5) is 11.3. The fraction of sp³-hybridized carbons (Fsp3) is 0.900. The standard InChI is InChI=1S/C10H19NO3/c1-10(2,3)14-9(13)11-7-4-5-8(12)6-7/h7-8,12H,4-6H2,1-3H3,(H,11,13)/t7?,8-/m1/s1. The van der Waals surface area contributed by atoms with Crippen molar-refractivity contribution in [2.24, 2.45) is 0 Å². The maximum Gasteiger partial charge on any atom is 0.407 e. The normalized spacial score (nSPS) is 27.4. The van der Waals surface area contributed by atoms with Crippen molar-refractivity contribution in [2.45, 2.75) is 57.8 Å². The molecule has 0 aliphatic heterocycles. The highest BCUT2D eigenvalue weighted by atomic mass is 16.6. The lowest BCUT2D eigenvalue weighted by atomic mass is 10.2. The highest BCUT2D eigenvalue weighted by Gasteiger charge is 2.26. The van der Waals surface area contributed by atoms with Crippen molar-refractivity contribution >= 4 is 6.09 Å². The fourth-order valence-electron chi connectivity index (χ4n) is 1.56. The molecule has 14 heavy (non-hydrogen) atoms. The Kier molecular flexibility index (Phi) is 3.37. The zero-order valence-electron chi connectivity index (χ0n) is 9.04. The monoisotopic (exact) mass is 201 g/mol. The third-order valence-corrected chi connectivity index (χ3v) is 2.13. The number of nitrogens with one attached hydrogen (secondary N) is 1. The molecule has 4 nitrogen and oxygen atoms in total. The minimum Gasteiger partial charge on any atom is -0.444 e. The summed E-state index contributed by atoms with van der Waals surface area (Å²) in [5, 5.41) is 12.0. The molecule has 1 rings (SSSR count). The van der Waals surface area contributed by atoms with Gasteiger partial charge in [0.05, 0.1) is 6.10 Å². The van der Waals surface area contributed by atoms with Crippen molar-refractivity contribution in [1.29, 1.82) is 0 Å². The first kappa shape index (κ1) is 11.3. The predicted molar refractivity (Wildman–Crippen MR) is 53.0 cm³/mol. The van der Waals surface area contributed by atoms with Crippen molar-refractivity contribution in [3.8, 4) is 0 Å². The van der Waals surface area contributed by atoms with Gasteiger partial charge in [0, 0.05) is 6.04 Å². The van der Waals surface area contributed by atoms with Gasteiger partial charge in [-0.25, -0.2) is 4.79 Å². The van der Waals surface area contributed by atoms with E-state index in [4.69, 9.17) is 4.74 Å². The summed E-state index contributed by atoms with van der Waals surface area (Å²) in [6.45, 7) is 5.49. The van der Waals surface area contributed by atoms with E-state index >= 15 is 0 Å². The lowest BCUT2D eigenvalue weighted by Crippen LogP contribution is -2.38. The van der Waals surface area contributed by atoms with Crippen LogP contribution < -0.4 is 5.32 Å². The van der Waals surface area contributed by atoms with Crippen LogP contribution >= 0.6 is 0 Å². The molecule has 0 aromatic heterocycles. The molecule has 1 aliphatic rings. The van der Waals surface area contributed by atoms with Crippen LogP contribution in [0.1, 0.15) is 40.0 Å². The molecular weight excluding hydrogens is 182 g/mol. The van der Waals surface area contributed by atoms with Crippen LogP contribution in [0.4, 0.5) is 4.79 Å². The lowest BCUT2D eigenvalue weighted by Gasteiger charge is -2.21. The Balaban J connectivity index is 2.27. The molecule has 1 saturated carbocycles. The number of rotatable bonds is 1. The second-order valence-electron chi connectivity index (χ2n) is 4.81. The first-order valence-corrected chi connectivity index (χ1v) is 5.04. The van der Waals surface area contributed by atoms with Crippen molar-refractivity contribution in [3.05, 3.63) is 0 Å². The Morgan fingerprint density at radius 1 is 1.43 bits per heavy atom. The molecular formula is C10H19NO3. The Labute approximate surface area is 84.6 Å². The van der Waals surface area contributed by atoms with E-state index in [9.17, 15) is 9.90 Å². The molecule has 82 valence electrons. The van der Waals surface area contributed by atoms with Crippen molar-refractivity contribution < 1.29 is 14.6 Å². The van der Waals surface area contributed by atoms with Gasteiger partial charge in [-0.3, -0.25) is 0 Å². The highest BCUT2D eigenvalue weighted by molar-refractivity contribution is 5.68. The molecule has 0 aromatic rings. The van der Waals surface area contributed by atoms with Crippen LogP contribution in [0.15, 0.2) is 0 Å². The summed E-state index contributed by atoms with van der Waals surface area (Å²) in [6, 6.07) is 0.0693. The zero-order chi connectivity index (χ0) is 10.8. The number of amides is 1. The van der Waals surface area contributed by atoms with Crippen LogP contribution in [0, 0.1) is 0 Å². The molecule has 0 bridgehead atoms. The van der Waals surface area contributed by atoms with Crippen molar-refractivity contribution in [3.63, 3.8) is 0 Å². The lowest BCUT2D eigenvalue weighted by molar-refractivity contribution is 0.0502. The van der Waals surface area contributed by atoms with Gasteiger partial charge in [-0.15, -0.1) is 0 Å². The summed E-state index contributed by atoms with van der Waals surface area (Å²) in [5.41, 5.74) is -0.457. The smallest absolute Gasteiger partial charge is 0.407 e. The molecule has 2 N–H and O–H groups in total. The summed E-state index contributed by atoms with van der Waals surface area (Å²) in [6.07, 6.45) is 1.58. The molecule has 0 radical (unpaired) electrons. The van der Waals surface area contributed by atoms with E-state index in [1.54, 1.807) is 0 Å². The first-order valence-electron chi connectivity index (χ1n) is 5.04. The van der Waals surface area contributed by atoms with Crippen LogP contribution in [-0.2, 0) is 4.74 Å². The van der Waals surface area contributed by atoms with Crippen LogP contribution in [0.25, 0.3) is 0 Å². The third-order valence-electron chi connectivity index (χ3n) is 2.13. The van der Waals surface area contributed by atoms with Crippen LogP contribution in [0.5, 0.6) is 0 Å². The average molecular weight is 201 g/mol. The molecule has 0 spiro atoms. The topological polar surface area (TPSA) is 58.6 Å². The van der Waals surface area contributed by atoms with Gasteiger partial charge >= 0.3 is 6.09 Å². The van der Waals surface area contributed by atoms with Gasteiger partial charge in [0.2, 0.25) is 0 Å². The van der Waals surface area contributed by atoms with Gasteiger partial charge in [-0.1, -0.05) is 0 Å². The zero-order valence-corrected chi connectivity index (χ0v) is 9.04. The maximum absolute atomic E-state index is 11.3. The van der Waals surface area contributed by atoms with Gasteiger partial charge in [-0.05, 0) is 40.0 Å². The Morgan fingerprint density at radius 3 is 2.50 bits per heavy atom. The molecule has 2 atom stereocenters. The number of aliphatic hydroxyl groups is 1. The molecule has 1 aliphatic carbocycles. The Bertz CT molecular complexity index is 210. The minimum absolute atomic E-state index is 0.0693. The Morgan fingerprint density at radius 2 is 2.07 bits per heavy atom. The SMILES string of the molecule is CC(C)(C)OC(=O)NC1CC[C@@H](O)C1. The summed E-state index contributed by atoms with van der Waals surface area (Å²) in [7, 11) is 0. The number of hydrogen-bond acceptors (Lipinski definition) is 3. The second-order valence-corrected chi connectivity index (χ2v) is 4.81. The van der Waals surface area contributed by atoms with Crippen LogP contribution in [-0.4, -0.2) is 28.9 Å². The van der Waals surface area contributed by atoms with E-state index in [1.165, 1.54) is 0 Å². The van der Waals surface area contributed by atoms with Crippen LogP contribution in [0.2, 0.25) is 0 Å². The van der Waals surface area contributed by atoms with Gasteiger partial charge in [0.15, 0.2) is 0 Å². The molecule has 1 unspecified atom stereocenters. The van der Waals surface area contributed by atoms with E-state index in [0.717, 1.165) is 12.8 Å². The Hall–Kier alpha value is -0.770. The number of aliphatic hydroxyl groups excluding tert-OH is 1. The van der Waals surface area contributed by atoms with Crippen LogP contribution in [0.3, 0.4) is 0 Å². The second kappa shape index (κ2) is 4.17. The fourth-order valence-corrected chi connectivity index (χ4v) is 1.56. The summed E-state index contributed by atoms with van der Waals surface area (Å²) in [5.74, 6) is 0. The third kappa shape index (κ3) is 3.96. The largest absolute Gasteiger partial charge is 0.444 e. The molecule has 0 saturated heterocycles. The van der Waals surface area contributed by atoms with Gasteiger partial charge in [-0.2, -0.15) is 0 Å². The van der Waals surface area contributed by atoms with Gasteiger partial charge in [0.1, 0.15) is 5.60 Å². The van der Waals surface area contributed by atoms with Crippen molar-refractivity contribution in [1.82, 2.24) is 5.32 Å². The first-order chi connectivity index (χ1) is 6.37. The summed E-state index contributed by atoms with van der Waals surface area (Å²) < 4.78 is 5.10. The van der Waals surface area contributed by atoms with E-state index in [0.29, 0.717) is 6.42 Å². The number of alkyl carbamates (subject to hydrolysis) is 1. The predicted octanol–water partition coefficient (Wildman–Crippen LogP) is 1.42. The number of carbonyl (C=O) groups excluding carboxylic acids is 1. The molecule has 0 aromatic carbocycles. The van der Waals surface area contributed by atoms with E-state index in [1.807, 2.05) is 20.8 Å². The van der Waals surface area contributed by atoms with E-state index < -0.39 is 11.7 Å². The molecule has 1 fully saturated rings. The molecule has 0 heterocycles. The quantitative estimate of drug-likeness (QED) is 0.674. The minimum atomic E-state index is -0.457. The van der Waals surface area contributed by atoms with E-state index in [2.05, 4.69) is 5.32 Å². The number of carbonyl (C=O) groups is 1. The maximum atomic E-state index is 11.3. The average Bonchev–Trinajstić information content (AvgIpc) is 2.30. The van der Waals surface area contributed by atoms with E-state index in [-0.39, 0.29) is 12.1 Å². The molecule has 4 heteroatoms. The van der Waals surface area contributed by atoms with Gasteiger partial charge in [0.25, 0.3) is 0 Å².